The lowest BCUT2D eigenvalue weighted by Gasteiger charge is -2.09. The van der Waals surface area contributed by atoms with E-state index in [2.05, 4.69) is 0 Å². The van der Waals surface area contributed by atoms with Crippen molar-refractivity contribution in [2.75, 3.05) is 6.61 Å². The monoisotopic (exact) mass is 368 g/mol. The van der Waals surface area contributed by atoms with Crippen molar-refractivity contribution in [3.63, 3.8) is 0 Å². The van der Waals surface area contributed by atoms with Gasteiger partial charge < -0.3 is 4.74 Å². The van der Waals surface area contributed by atoms with Gasteiger partial charge in [0.1, 0.15) is 9.75 Å². The van der Waals surface area contributed by atoms with Gasteiger partial charge in [0, 0.05) is 21.2 Å². The number of benzene rings is 1. The minimum atomic E-state index is -4.60. The van der Waals surface area contributed by atoms with E-state index >= 15 is 0 Å². The topological polar surface area (TPSA) is 26.3 Å². The predicted octanol–water partition coefficient (Wildman–Crippen LogP) is 5.92. The van der Waals surface area contributed by atoms with Crippen LogP contribution >= 0.6 is 34.5 Å². The number of hydrogen-bond donors (Lipinski definition) is 0. The van der Waals surface area contributed by atoms with Gasteiger partial charge in [0.2, 0.25) is 0 Å². The van der Waals surface area contributed by atoms with Crippen LogP contribution in [0.25, 0.3) is 11.1 Å². The standard InChI is InChI=1S/C14H9Cl2F3O2S/c1-2-21-13(20)11-6-9(12(22-11)14(17,18)19)8-4-3-7(15)5-10(8)16/h3-6H,2H2,1H3. The lowest BCUT2D eigenvalue weighted by Crippen LogP contribution is -2.03. The molecule has 0 amide bonds. The summed E-state index contributed by atoms with van der Waals surface area (Å²) in [4.78, 5) is 10.6. The molecule has 118 valence electrons. The van der Waals surface area contributed by atoms with E-state index in [0.717, 1.165) is 6.07 Å². The van der Waals surface area contributed by atoms with Crippen LogP contribution in [0.4, 0.5) is 13.2 Å². The number of carbonyl (C=O) groups excluding carboxylic acids is 1. The van der Waals surface area contributed by atoms with E-state index in [1.165, 1.54) is 18.2 Å². The maximum absolute atomic E-state index is 13.2. The maximum Gasteiger partial charge on any atom is 0.426 e. The highest BCUT2D eigenvalue weighted by Crippen LogP contribution is 2.45. The molecule has 22 heavy (non-hydrogen) atoms. The SMILES string of the molecule is CCOC(=O)c1cc(-c2ccc(Cl)cc2Cl)c(C(F)(F)F)s1. The maximum atomic E-state index is 13.2. The number of ether oxygens (including phenoxy) is 1. The van der Waals surface area contributed by atoms with E-state index in [9.17, 15) is 18.0 Å². The molecule has 0 radical (unpaired) electrons. The second-order valence-corrected chi connectivity index (χ2v) is 6.09. The summed E-state index contributed by atoms with van der Waals surface area (Å²) in [6.45, 7) is 1.66. The molecule has 0 aliphatic carbocycles. The number of esters is 1. The van der Waals surface area contributed by atoms with Crippen molar-refractivity contribution < 1.29 is 22.7 Å². The smallest absolute Gasteiger partial charge is 0.426 e. The van der Waals surface area contributed by atoms with Crippen molar-refractivity contribution in [1.82, 2.24) is 0 Å². The van der Waals surface area contributed by atoms with Crippen LogP contribution in [0, 0.1) is 0 Å². The summed E-state index contributed by atoms with van der Waals surface area (Å²) >= 11 is 12.1. The summed E-state index contributed by atoms with van der Waals surface area (Å²) in [5, 5.41) is 0.384. The van der Waals surface area contributed by atoms with Crippen LogP contribution in [0.1, 0.15) is 21.5 Å². The van der Waals surface area contributed by atoms with Gasteiger partial charge in [-0.25, -0.2) is 4.79 Å². The summed E-state index contributed by atoms with van der Waals surface area (Å²) in [5.41, 5.74) is -0.00703. The van der Waals surface area contributed by atoms with Crippen molar-refractivity contribution >= 4 is 40.5 Å². The molecule has 8 heteroatoms. The van der Waals surface area contributed by atoms with Gasteiger partial charge in [-0.05, 0) is 25.1 Å². The first-order valence-electron chi connectivity index (χ1n) is 6.07. The molecule has 2 aromatic rings. The van der Waals surface area contributed by atoms with Crippen molar-refractivity contribution in [3.05, 3.63) is 44.1 Å². The van der Waals surface area contributed by atoms with Crippen molar-refractivity contribution in [3.8, 4) is 11.1 Å². The number of halogens is 5. The molecule has 0 bridgehead atoms. The number of hydrogen-bond acceptors (Lipinski definition) is 3. The molecule has 0 spiro atoms. The van der Waals surface area contributed by atoms with E-state index < -0.39 is 17.0 Å². The zero-order valence-corrected chi connectivity index (χ0v) is 13.5. The lowest BCUT2D eigenvalue weighted by atomic mass is 10.1. The lowest BCUT2D eigenvalue weighted by molar-refractivity contribution is -0.133. The highest BCUT2D eigenvalue weighted by Gasteiger charge is 2.37. The fraction of sp³-hybridized carbons (Fsp3) is 0.214. The Balaban J connectivity index is 2.60. The Morgan fingerprint density at radius 1 is 1.23 bits per heavy atom. The fourth-order valence-corrected chi connectivity index (χ4v) is 3.26. The molecule has 2 rings (SSSR count). The van der Waals surface area contributed by atoms with E-state index in [4.69, 9.17) is 27.9 Å². The molecule has 0 fully saturated rings. The third-order valence-electron chi connectivity index (χ3n) is 2.69. The molecule has 0 unspecified atom stereocenters. The van der Waals surface area contributed by atoms with Crippen LogP contribution in [0.3, 0.4) is 0 Å². The van der Waals surface area contributed by atoms with E-state index in [1.54, 1.807) is 6.92 Å². The molecule has 2 nitrogen and oxygen atoms in total. The summed E-state index contributed by atoms with van der Waals surface area (Å²) in [6, 6.07) is 5.31. The van der Waals surface area contributed by atoms with Crippen molar-refractivity contribution in [1.29, 1.82) is 0 Å². The molecule has 1 heterocycles. The van der Waals surface area contributed by atoms with Gasteiger partial charge in [-0.1, -0.05) is 29.3 Å². The zero-order chi connectivity index (χ0) is 16.5. The normalized spacial score (nSPS) is 11.5. The molecule has 0 aliphatic heterocycles. The second kappa shape index (κ2) is 6.48. The molecular formula is C14H9Cl2F3O2S. The summed E-state index contributed by atoms with van der Waals surface area (Å²) in [6.07, 6.45) is -4.60. The van der Waals surface area contributed by atoms with Gasteiger partial charge in [-0.2, -0.15) is 13.2 Å². The quantitative estimate of drug-likeness (QED) is 0.628. The number of alkyl halides is 3. The van der Waals surface area contributed by atoms with Gasteiger partial charge in [-0.15, -0.1) is 11.3 Å². The second-order valence-electron chi connectivity index (χ2n) is 4.20. The highest BCUT2D eigenvalue weighted by atomic mass is 35.5. The van der Waals surface area contributed by atoms with E-state index in [-0.39, 0.29) is 27.6 Å². The van der Waals surface area contributed by atoms with Gasteiger partial charge in [0.15, 0.2) is 0 Å². The average molecular weight is 369 g/mol. The summed E-state index contributed by atoms with van der Waals surface area (Å²) in [7, 11) is 0. The Morgan fingerprint density at radius 3 is 2.45 bits per heavy atom. The third-order valence-corrected chi connectivity index (χ3v) is 4.40. The van der Waals surface area contributed by atoms with Crippen molar-refractivity contribution in [2.45, 2.75) is 13.1 Å². The first kappa shape index (κ1) is 17.1. The Bertz CT molecular complexity index is 711. The molecule has 1 aromatic carbocycles. The minimum Gasteiger partial charge on any atom is -0.462 e. The zero-order valence-electron chi connectivity index (χ0n) is 11.1. The van der Waals surface area contributed by atoms with Crippen LogP contribution in [0.5, 0.6) is 0 Å². The fourth-order valence-electron chi connectivity index (χ4n) is 1.81. The molecule has 0 aliphatic rings. The van der Waals surface area contributed by atoms with E-state index in [1.807, 2.05) is 0 Å². The van der Waals surface area contributed by atoms with Crippen molar-refractivity contribution in [2.24, 2.45) is 0 Å². The van der Waals surface area contributed by atoms with Gasteiger partial charge in [0.05, 0.1) is 6.61 Å². The van der Waals surface area contributed by atoms with Crippen LogP contribution in [-0.4, -0.2) is 12.6 Å². The molecule has 0 N–H and O–H groups in total. The van der Waals surface area contributed by atoms with Gasteiger partial charge >= 0.3 is 12.1 Å². The van der Waals surface area contributed by atoms with E-state index in [0.29, 0.717) is 16.4 Å². The number of rotatable bonds is 3. The Kier molecular flexibility index (Phi) is 5.04. The minimum absolute atomic E-state index is 0.0752. The molecule has 0 saturated heterocycles. The summed E-state index contributed by atoms with van der Waals surface area (Å²) in [5.74, 6) is -0.797. The molecule has 0 saturated carbocycles. The first-order chi connectivity index (χ1) is 10.2. The Hall–Kier alpha value is -1.24. The molecular weight excluding hydrogens is 360 g/mol. The highest BCUT2D eigenvalue weighted by molar-refractivity contribution is 7.14. The third kappa shape index (κ3) is 3.56. The predicted molar refractivity (Wildman–Crippen MR) is 80.7 cm³/mol. The van der Waals surface area contributed by atoms with Crippen LogP contribution in [0.2, 0.25) is 10.0 Å². The Morgan fingerprint density at radius 2 is 1.91 bits per heavy atom. The van der Waals surface area contributed by atoms with Gasteiger partial charge in [0.25, 0.3) is 0 Å². The van der Waals surface area contributed by atoms with Crippen LogP contribution in [0.15, 0.2) is 24.3 Å². The number of carbonyl (C=O) groups is 1. The molecule has 1 aromatic heterocycles. The molecule has 0 atom stereocenters. The summed E-state index contributed by atoms with van der Waals surface area (Å²) < 4.78 is 44.3. The van der Waals surface area contributed by atoms with Gasteiger partial charge in [-0.3, -0.25) is 0 Å². The Labute approximate surface area is 138 Å². The largest absolute Gasteiger partial charge is 0.462 e. The average Bonchev–Trinajstić information content (AvgIpc) is 2.84. The van der Waals surface area contributed by atoms with Crippen LogP contribution in [-0.2, 0) is 10.9 Å². The number of thiophene rings is 1. The van der Waals surface area contributed by atoms with Crippen LogP contribution < -0.4 is 0 Å². The first-order valence-corrected chi connectivity index (χ1v) is 7.64.